The second-order valence-electron chi connectivity index (χ2n) is 4.62. The molecule has 1 N–H and O–H groups in total. The van der Waals surface area contributed by atoms with Crippen LogP contribution in [-0.4, -0.2) is 12.2 Å². The van der Waals surface area contributed by atoms with Gasteiger partial charge in [-0.15, -0.1) is 0 Å². The number of halogens is 3. The van der Waals surface area contributed by atoms with Crippen molar-refractivity contribution in [1.29, 1.82) is 0 Å². The van der Waals surface area contributed by atoms with Crippen molar-refractivity contribution in [2.45, 2.75) is 18.7 Å². The van der Waals surface area contributed by atoms with E-state index < -0.39 is 17.8 Å². The first kappa shape index (κ1) is 15.4. The van der Waals surface area contributed by atoms with Gasteiger partial charge in [0.1, 0.15) is 5.75 Å². The average molecular weight is 296 g/mol. The van der Waals surface area contributed by atoms with Gasteiger partial charge < -0.3 is 9.84 Å². The number of ether oxygens (including phenoxy) is 1. The number of rotatable bonds is 4. The Bertz CT molecular complexity index is 608. The van der Waals surface area contributed by atoms with Gasteiger partial charge in [-0.2, -0.15) is 13.2 Å². The van der Waals surface area contributed by atoms with Gasteiger partial charge in [0.05, 0.1) is 18.8 Å². The Balaban J connectivity index is 2.31. The van der Waals surface area contributed by atoms with Crippen molar-refractivity contribution in [2.75, 3.05) is 7.11 Å². The first-order chi connectivity index (χ1) is 9.93. The highest BCUT2D eigenvalue weighted by molar-refractivity contribution is 5.37. The van der Waals surface area contributed by atoms with Gasteiger partial charge in [0.2, 0.25) is 0 Å². The van der Waals surface area contributed by atoms with Crippen LogP contribution in [0.2, 0.25) is 0 Å². The molecule has 5 heteroatoms. The van der Waals surface area contributed by atoms with Gasteiger partial charge in [-0.05, 0) is 23.3 Å². The van der Waals surface area contributed by atoms with Crippen molar-refractivity contribution in [1.82, 2.24) is 0 Å². The Morgan fingerprint density at radius 2 is 1.67 bits per heavy atom. The zero-order valence-electron chi connectivity index (χ0n) is 11.4. The number of aliphatic hydroxyl groups excluding tert-OH is 1. The summed E-state index contributed by atoms with van der Waals surface area (Å²) < 4.78 is 44.0. The van der Waals surface area contributed by atoms with Gasteiger partial charge >= 0.3 is 6.18 Å². The summed E-state index contributed by atoms with van der Waals surface area (Å²) in [6.45, 7) is 0. The molecular formula is C16H15F3O2. The fourth-order valence-electron chi connectivity index (χ4n) is 2.24. The molecule has 0 bridgehead atoms. The maximum Gasteiger partial charge on any atom is 0.416 e. The Kier molecular flexibility index (Phi) is 4.53. The van der Waals surface area contributed by atoms with E-state index in [9.17, 15) is 18.3 Å². The third-order valence-corrected chi connectivity index (χ3v) is 3.23. The van der Waals surface area contributed by atoms with Crippen molar-refractivity contribution in [3.05, 3.63) is 65.2 Å². The lowest BCUT2D eigenvalue weighted by molar-refractivity contribution is -0.139. The Morgan fingerprint density at radius 1 is 1.05 bits per heavy atom. The summed E-state index contributed by atoms with van der Waals surface area (Å²) in [5.74, 6) is 0.543. The van der Waals surface area contributed by atoms with Crippen LogP contribution in [0.4, 0.5) is 13.2 Å². The molecule has 0 fully saturated rings. The summed E-state index contributed by atoms with van der Waals surface area (Å²) in [7, 11) is 1.48. The van der Waals surface area contributed by atoms with Crippen LogP contribution in [-0.2, 0) is 12.6 Å². The maximum atomic E-state index is 13.0. The Hall–Kier alpha value is -2.01. The molecule has 21 heavy (non-hydrogen) atoms. The summed E-state index contributed by atoms with van der Waals surface area (Å²) in [5, 5.41) is 10.2. The molecule has 0 saturated carbocycles. The molecular weight excluding hydrogens is 281 g/mol. The molecule has 0 aromatic heterocycles. The summed E-state index contributed by atoms with van der Waals surface area (Å²) in [4.78, 5) is 0. The third kappa shape index (κ3) is 3.55. The molecule has 0 aliphatic carbocycles. The molecule has 0 radical (unpaired) electrons. The van der Waals surface area contributed by atoms with E-state index in [0.717, 1.165) is 6.07 Å². The molecule has 2 rings (SSSR count). The highest BCUT2D eigenvalue weighted by Gasteiger charge is 2.34. The van der Waals surface area contributed by atoms with Crippen LogP contribution >= 0.6 is 0 Å². The second kappa shape index (κ2) is 6.18. The number of benzene rings is 2. The molecule has 2 aromatic carbocycles. The summed E-state index contributed by atoms with van der Waals surface area (Å²) in [5.41, 5.74) is -0.284. The number of methoxy groups -OCH3 is 1. The second-order valence-corrected chi connectivity index (χ2v) is 4.62. The Labute approximate surface area is 120 Å². The summed E-state index contributed by atoms with van der Waals surface area (Å²) in [6.07, 6.45) is -5.69. The predicted octanol–water partition coefficient (Wildman–Crippen LogP) is 3.99. The zero-order chi connectivity index (χ0) is 15.5. The van der Waals surface area contributed by atoms with E-state index in [1.165, 1.54) is 25.3 Å². The molecule has 0 saturated heterocycles. The summed E-state index contributed by atoms with van der Waals surface area (Å²) >= 11 is 0. The van der Waals surface area contributed by atoms with Crippen LogP contribution in [0.15, 0.2) is 48.5 Å². The predicted molar refractivity (Wildman–Crippen MR) is 73.1 cm³/mol. The number of alkyl halides is 3. The molecule has 1 atom stereocenters. The van der Waals surface area contributed by atoms with E-state index >= 15 is 0 Å². The SMILES string of the molecule is COc1ccccc1CC(O)c1ccccc1C(F)(F)F. The fourth-order valence-corrected chi connectivity index (χ4v) is 2.24. The number of hydrogen-bond acceptors (Lipinski definition) is 2. The Morgan fingerprint density at radius 3 is 2.33 bits per heavy atom. The lowest BCUT2D eigenvalue weighted by Crippen LogP contribution is -2.13. The van der Waals surface area contributed by atoms with Gasteiger partial charge in [-0.1, -0.05) is 36.4 Å². The normalized spacial score (nSPS) is 13.0. The van der Waals surface area contributed by atoms with Crippen molar-refractivity contribution >= 4 is 0 Å². The maximum absolute atomic E-state index is 13.0. The van der Waals surface area contributed by atoms with Gasteiger partial charge in [-0.3, -0.25) is 0 Å². The highest BCUT2D eigenvalue weighted by Crippen LogP contribution is 2.36. The monoisotopic (exact) mass is 296 g/mol. The van der Waals surface area contributed by atoms with Crippen LogP contribution < -0.4 is 4.74 Å². The molecule has 0 aliphatic heterocycles. The van der Waals surface area contributed by atoms with Crippen molar-refractivity contribution in [3.63, 3.8) is 0 Å². The van der Waals surface area contributed by atoms with Crippen molar-refractivity contribution in [3.8, 4) is 5.75 Å². The minimum absolute atomic E-state index is 0.0527. The number of para-hydroxylation sites is 1. The van der Waals surface area contributed by atoms with E-state index in [-0.39, 0.29) is 12.0 Å². The molecule has 0 spiro atoms. The first-order valence-corrected chi connectivity index (χ1v) is 6.39. The standard InChI is InChI=1S/C16H15F3O2/c1-21-15-9-5-2-6-11(15)10-14(20)12-7-3-4-8-13(12)16(17,18)19/h2-9,14,20H,10H2,1H3. The van der Waals surface area contributed by atoms with Crippen molar-refractivity contribution < 1.29 is 23.0 Å². The van der Waals surface area contributed by atoms with E-state index in [2.05, 4.69) is 0 Å². The lowest BCUT2D eigenvalue weighted by atomic mass is 9.96. The average Bonchev–Trinajstić information content (AvgIpc) is 2.47. The van der Waals surface area contributed by atoms with E-state index in [1.807, 2.05) is 0 Å². The quantitative estimate of drug-likeness (QED) is 0.924. The van der Waals surface area contributed by atoms with E-state index in [1.54, 1.807) is 24.3 Å². The largest absolute Gasteiger partial charge is 0.496 e. The topological polar surface area (TPSA) is 29.5 Å². The third-order valence-electron chi connectivity index (χ3n) is 3.23. The number of aliphatic hydroxyl groups is 1. The highest BCUT2D eigenvalue weighted by atomic mass is 19.4. The van der Waals surface area contributed by atoms with Crippen LogP contribution in [0.25, 0.3) is 0 Å². The molecule has 112 valence electrons. The van der Waals surface area contributed by atoms with Gasteiger partial charge in [0.25, 0.3) is 0 Å². The van der Waals surface area contributed by atoms with Gasteiger partial charge in [0, 0.05) is 6.42 Å². The fraction of sp³-hybridized carbons (Fsp3) is 0.250. The van der Waals surface area contributed by atoms with Crippen LogP contribution in [0.5, 0.6) is 5.75 Å². The first-order valence-electron chi connectivity index (χ1n) is 6.39. The molecule has 2 aromatic rings. The van der Waals surface area contributed by atoms with E-state index in [0.29, 0.717) is 11.3 Å². The molecule has 0 heterocycles. The molecule has 2 nitrogen and oxygen atoms in total. The minimum Gasteiger partial charge on any atom is -0.496 e. The molecule has 0 amide bonds. The van der Waals surface area contributed by atoms with Gasteiger partial charge in [-0.25, -0.2) is 0 Å². The molecule has 1 unspecified atom stereocenters. The van der Waals surface area contributed by atoms with Crippen LogP contribution in [0.1, 0.15) is 22.8 Å². The zero-order valence-corrected chi connectivity index (χ0v) is 11.4. The smallest absolute Gasteiger partial charge is 0.416 e. The van der Waals surface area contributed by atoms with Crippen LogP contribution in [0.3, 0.4) is 0 Å². The minimum atomic E-state index is -4.49. The van der Waals surface area contributed by atoms with E-state index in [4.69, 9.17) is 4.74 Å². The van der Waals surface area contributed by atoms with Crippen LogP contribution in [0, 0.1) is 0 Å². The van der Waals surface area contributed by atoms with Crippen molar-refractivity contribution in [2.24, 2.45) is 0 Å². The lowest BCUT2D eigenvalue weighted by Gasteiger charge is -2.18. The number of hydrogen-bond donors (Lipinski definition) is 1. The van der Waals surface area contributed by atoms with Gasteiger partial charge in [0.15, 0.2) is 0 Å². The summed E-state index contributed by atoms with van der Waals surface area (Å²) in [6, 6.07) is 12.0. The molecule has 0 aliphatic rings.